The van der Waals surface area contributed by atoms with Crippen molar-refractivity contribution < 1.29 is 14.6 Å². The summed E-state index contributed by atoms with van der Waals surface area (Å²) in [6.07, 6.45) is 3.86. The molecular formula is C21H33NO3. The van der Waals surface area contributed by atoms with Gasteiger partial charge in [0.2, 0.25) is 0 Å². The van der Waals surface area contributed by atoms with E-state index < -0.39 is 0 Å². The van der Waals surface area contributed by atoms with Crippen molar-refractivity contribution in [2.45, 2.75) is 58.6 Å². The van der Waals surface area contributed by atoms with Crippen LogP contribution in [0.2, 0.25) is 0 Å². The van der Waals surface area contributed by atoms with Gasteiger partial charge in [-0.3, -0.25) is 4.90 Å². The number of aliphatic hydroxyl groups excluding tert-OH is 1. The fourth-order valence-corrected chi connectivity index (χ4v) is 4.47. The standard InChI is InChI=1S/C21H33NO3/c1-6-21(2,3)12-15-13-22-8-7-14-9-19(24-4)20(25-5)10-16(14)17(22)11-18(15)23/h9-10,15,17-18,23H,6-8,11-13H2,1-5H3/t15-,17-,18-/m1/s1. The molecule has 2 aliphatic heterocycles. The molecule has 1 N–H and O–H groups in total. The molecule has 3 rings (SSSR count). The molecule has 2 aliphatic rings. The summed E-state index contributed by atoms with van der Waals surface area (Å²) in [7, 11) is 3.37. The number of hydrogen-bond donors (Lipinski definition) is 1. The van der Waals surface area contributed by atoms with Crippen molar-refractivity contribution in [2.24, 2.45) is 11.3 Å². The van der Waals surface area contributed by atoms with Crippen LogP contribution in [0, 0.1) is 11.3 Å². The monoisotopic (exact) mass is 347 g/mol. The number of hydrogen-bond acceptors (Lipinski definition) is 4. The lowest BCUT2D eigenvalue weighted by Gasteiger charge is -2.47. The highest BCUT2D eigenvalue weighted by molar-refractivity contribution is 5.49. The lowest BCUT2D eigenvalue weighted by atomic mass is 9.74. The Morgan fingerprint density at radius 1 is 1.20 bits per heavy atom. The van der Waals surface area contributed by atoms with E-state index in [2.05, 4.69) is 37.8 Å². The maximum absolute atomic E-state index is 10.8. The molecule has 140 valence electrons. The minimum Gasteiger partial charge on any atom is -0.493 e. The molecule has 0 saturated carbocycles. The van der Waals surface area contributed by atoms with Crippen LogP contribution >= 0.6 is 0 Å². The maximum atomic E-state index is 10.8. The second kappa shape index (κ2) is 7.16. The minimum atomic E-state index is -0.230. The molecule has 2 heterocycles. The van der Waals surface area contributed by atoms with E-state index in [1.807, 2.05) is 0 Å². The number of ether oxygens (including phenoxy) is 2. The first-order valence-corrected chi connectivity index (χ1v) is 9.55. The van der Waals surface area contributed by atoms with Crippen LogP contribution in [-0.2, 0) is 6.42 Å². The summed E-state index contributed by atoms with van der Waals surface area (Å²) in [6.45, 7) is 8.92. The topological polar surface area (TPSA) is 41.9 Å². The first kappa shape index (κ1) is 18.5. The molecule has 1 saturated heterocycles. The van der Waals surface area contributed by atoms with Crippen LogP contribution in [0.1, 0.15) is 57.2 Å². The first-order valence-electron chi connectivity index (χ1n) is 9.55. The Morgan fingerprint density at radius 3 is 2.52 bits per heavy atom. The average molecular weight is 347 g/mol. The Morgan fingerprint density at radius 2 is 1.88 bits per heavy atom. The molecule has 1 fully saturated rings. The van der Waals surface area contributed by atoms with E-state index in [0.29, 0.717) is 17.4 Å². The van der Waals surface area contributed by atoms with Gasteiger partial charge in [0.1, 0.15) is 0 Å². The van der Waals surface area contributed by atoms with Crippen LogP contribution in [0.5, 0.6) is 11.5 Å². The minimum absolute atomic E-state index is 0.230. The number of piperidine rings is 1. The van der Waals surface area contributed by atoms with Crippen molar-refractivity contribution in [3.05, 3.63) is 23.3 Å². The summed E-state index contributed by atoms with van der Waals surface area (Å²) in [4.78, 5) is 2.57. The molecular weight excluding hydrogens is 314 g/mol. The zero-order valence-electron chi connectivity index (χ0n) is 16.3. The van der Waals surface area contributed by atoms with Crippen molar-refractivity contribution in [2.75, 3.05) is 27.3 Å². The Balaban J connectivity index is 1.83. The number of fused-ring (bicyclic) bond motifs is 3. The van der Waals surface area contributed by atoms with Gasteiger partial charge in [0, 0.05) is 19.1 Å². The summed E-state index contributed by atoms with van der Waals surface area (Å²) < 4.78 is 11.0. The zero-order chi connectivity index (χ0) is 18.2. The summed E-state index contributed by atoms with van der Waals surface area (Å²) >= 11 is 0. The highest BCUT2D eigenvalue weighted by atomic mass is 16.5. The molecule has 25 heavy (non-hydrogen) atoms. The van der Waals surface area contributed by atoms with Gasteiger partial charge in [0.05, 0.1) is 20.3 Å². The van der Waals surface area contributed by atoms with Gasteiger partial charge in [0.15, 0.2) is 11.5 Å². The summed E-state index contributed by atoms with van der Waals surface area (Å²) in [5, 5.41) is 10.8. The Labute approximate surface area is 152 Å². The van der Waals surface area contributed by atoms with Crippen LogP contribution in [0.4, 0.5) is 0 Å². The van der Waals surface area contributed by atoms with E-state index in [4.69, 9.17) is 9.47 Å². The zero-order valence-corrected chi connectivity index (χ0v) is 16.3. The summed E-state index contributed by atoms with van der Waals surface area (Å²) in [5.41, 5.74) is 2.93. The molecule has 0 aromatic heterocycles. The van der Waals surface area contributed by atoms with E-state index in [1.165, 1.54) is 11.1 Å². The molecule has 1 aromatic carbocycles. The predicted molar refractivity (Wildman–Crippen MR) is 100 cm³/mol. The Bertz CT molecular complexity index is 613. The third-order valence-corrected chi connectivity index (χ3v) is 6.36. The number of methoxy groups -OCH3 is 2. The molecule has 4 heteroatoms. The fourth-order valence-electron chi connectivity index (χ4n) is 4.47. The highest BCUT2D eigenvalue weighted by Crippen LogP contribution is 2.44. The van der Waals surface area contributed by atoms with E-state index in [1.54, 1.807) is 14.2 Å². The molecule has 3 atom stereocenters. The average Bonchev–Trinajstić information content (AvgIpc) is 2.61. The van der Waals surface area contributed by atoms with Gasteiger partial charge in [-0.15, -0.1) is 0 Å². The molecule has 0 spiro atoms. The Hall–Kier alpha value is -1.26. The molecule has 4 nitrogen and oxygen atoms in total. The van der Waals surface area contributed by atoms with E-state index in [-0.39, 0.29) is 6.10 Å². The van der Waals surface area contributed by atoms with Gasteiger partial charge < -0.3 is 14.6 Å². The lowest BCUT2D eigenvalue weighted by molar-refractivity contribution is -0.0278. The van der Waals surface area contributed by atoms with Gasteiger partial charge in [0.25, 0.3) is 0 Å². The highest BCUT2D eigenvalue weighted by Gasteiger charge is 2.40. The summed E-state index contributed by atoms with van der Waals surface area (Å²) in [5.74, 6) is 1.95. The van der Waals surface area contributed by atoms with Crippen molar-refractivity contribution in [3.63, 3.8) is 0 Å². The van der Waals surface area contributed by atoms with Crippen molar-refractivity contribution >= 4 is 0 Å². The molecule has 0 unspecified atom stereocenters. The normalized spacial score (nSPS) is 26.7. The van der Waals surface area contributed by atoms with Gasteiger partial charge in [-0.2, -0.15) is 0 Å². The maximum Gasteiger partial charge on any atom is 0.161 e. The third kappa shape index (κ3) is 3.65. The third-order valence-electron chi connectivity index (χ3n) is 6.36. The van der Waals surface area contributed by atoms with Gasteiger partial charge >= 0.3 is 0 Å². The summed E-state index contributed by atoms with van der Waals surface area (Å²) in [6, 6.07) is 4.53. The second-order valence-corrected chi connectivity index (χ2v) is 8.45. The van der Waals surface area contributed by atoms with Crippen LogP contribution < -0.4 is 9.47 Å². The molecule has 0 radical (unpaired) electrons. The van der Waals surface area contributed by atoms with Crippen LogP contribution in [-0.4, -0.2) is 43.4 Å². The lowest BCUT2D eigenvalue weighted by Crippen LogP contribution is -2.48. The molecule has 0 aliphatic carbocycles. The fraction of sp³-hybridized carbons (Fsp3) is 0.714. The smallest absolute Gasteiger partial charge is 0.161 e. The number of aliphatic hydroxyl groups is 1. The SMILES string of the molecule is CCC(C)(C)C[C@@H]1CN2CCc3cc(OC)c(OC)cc3[C@H]2C[C@H]1O. The van der Waals surface area contributed by atoms with Crippen LogP contribution in [0.15, 0.2) is 12.1 Å². The van der Waals surface area contributed by atoms with E-state index >= 15 is 0 Å². The quantitative estimate of drug-likeness (QED) is 0.879. The first-order chi connectivity index (χ1) is 11.9. The van der Waals surface area contributed by atoms with Gasteiger partial charge in [-0.05, 0) is 53.9 Å². The largest absolute Gasteiger partial charge is 0.493 e. The molecule has 1 aromatic rings. The van der Waals surface area contributed by atoms with Gasteiger partial charge in [-0.1, -0.05) is 27.2 Å². The van der Waals surface area contributed by atoms with Gasteiger partial charge in [-0.25, -0.2) is 0 Å². The Kier molecular flexibility index (Phi) is 5.31. The molecule has 0 bridgehead atoms. The van der Waals surface area contributed by atoms with Crippen molar-refractivity contribution in [3.8, 4) is 11.5 Å². The van der Waals surface area contributed by atoms with Crippen molar-refractivity contribution in [1.29, 1.82) is 0 Å². The number of nitrogens with zero attached hydrogens (tertiary/aromatic N) is 1. The van der Waals surface area contributed by atoms with E-state index in [9.17, 15) is 5.11 Å². The van der Waals surface area contributed by atoms with Crippen LogP contribution in [0.3, 0.4) is 0 Å². The van der Waals surface area contributed by atoms with Crippen molar-refractivity contribution in [1.82, 2.24) is 4.90 Å². The molecule has 0 amide bonds. The van der Waals surface area contributed by atoms with E-state index in [0.717, 1.165) is 50.3 Å². The van der Waals surface area contributed by atoms with Crippen LogP contribution in [0.25, 0.3) is 0 Å². The number of rotatable bonds is 5. The predicted octanol–water partition coefficient (Wildman–Crippen LogP) is 3.81. The number of benzene rings is 1. The second-order valence-electron chi connectivity index (χ2n) is 8.45.